The Hall–Kier alpha value is -6.90. The van der Waals surface area contributed by atoms with Crippen LogP contribution in [0.25, 0.3) is 0 Å². The Bertz CT molecular complexity index is 1940. The normalized spacial score (nSPS) is 14.6. The lowest BCUT2D eigenvalue weighted by molar-refractivity contribution is -0.144. The average Bonchev–Trinajstić information content (AvgIpc) is 3.78. The van der Waals surface area contributed by atoms with Gasteiger partial charge in [0, 0.05) is 31.3 Å². The Balaban J connectivity index is 3.38. The molecule has 0 aromatic carbocycles. The number of aromatic nitrogens is 2. The number of nitrogens with two attached hydrogens (primary N) is 5. The van der Waals surface area contributed by atoms with Crippen LogP contribution in [0.4, 0.5) is 0 Å². The Morgan fingerprint density at radius 1 is 0.629 bits per heavy atom. The molecule has 0 fully saturated rings. The lowest BCUT2D eigenvalue weighted by Gasteiger charge is -2.29. The monoisotopic (exact) mass is 994 g/mol. The highest BCUT2D eigenvalue weighted by Crippen LogP contribution is 2.12. The number of primary amides is 1. The fourth-order valence-corrected chi connectivity index (χ4v) is 6.80. The molecule has 27 nitrogen and oxygen atoms in total. The molecule has 8 amide bonds. The highest BCUT2D eigenvalue weighted by molar-refractivity contribution is 5.98. The number of carboxylic acid groups (broad SMARTS) is 2. The molecule has 0 aliphatic rings. The van der Waals surface area contributed by atoms with Crippen LogP contribution < -0.4 is 65.9 Å². The van der Waals surface area contributed by atoms with Gasteiger partial charge in [-0.05, 0) is 69.2 Å². The summed E-state index contributed by atoms with van der Waals surface area (Å²) in [6.45, 7) is 10.3. The van der Waals surface area contributed by atoms with Crippen molar-refractivity contribution >= 4 is 65.2 Å². The van der Waals surface area contributed by atoms with E-state index in [-0.39, 0.29) is 50.7 Å². The number of aliphatic carboxylic acids is 2. The predicted octanol–water partition coefficient (Wildman–Crippen LogP) is -3.96. The lowest BCUT2D eigenvalue weighted by Crippen LogP contribution is -2.61. The molecule has 0 bridgehead atoms. The molecule has 1 aromatic rings. The van der Waals surface area contributed by atoms with Gasteiger partial charge in [0.1, 0.15) is 42.3 Å². The van der Waals surface area contributed by atoms with E-state index in [0.717, 1.165) is 0 Å². The maximum atomic E-state index is 14.1. The Morgan fingerprint density at radius 2 is 1.14 bits per heavy atom. The smallest absolute Gasteiger partial charge is 0.326 e. The average molecular weight is 994 g/mol. The van der Waals surface area contributed by atoms with Gasteiger partial charge in [0.25, 0.3) is 0 Å². The minimum absolute atomic E-state index is 0.00998. The molecule has 8 atom stereocenters. The molecule has 0 aliphatic heterocycles. The number of amides is 8. The molecule has 0 unspecified atom stereocenters. The van der Waals surface area contributed by atoms with Gasteiger partial charge in [0.15, 0.2) is 5.96 Å². The zero-order valence-corrected chi connectivity index (χ0v) is 40.7. The highest BCUT2D eigenvalue weighted by Gasteiger charge is 2.36. The summed E-state index contributed by atoms with van der Waals surface area (Å²) in [6.07, 6.45) is 2.36. The summed E-state index contributed by atoms with van der Waals surface area (Å²) in [4.78, 5) is 142. The van der Waals surface area contributed by atoms with Crippen molar-refractivity contribution < 1.29 is 58.2 Å². The molecular formula is C43H75N15O12. The fraction of sp³-hybridized carbons (Fsp3) is 0.674. The summed E-state index contributed by atoms with van der Waals surface area (Å²) in [6, 6.07) is -10.9. The van der Waals surface area contributed by atoms with E-state index in [2.05, 4.69) is 52.2 Å². The summed E-state index contributed by atoms with van der Waals surface area (Å²) in [7, 11) is 0. The Morgan fingerprint density at radius 3 is 1.63 bits per heavy atom. The number of guanidine groups is 1. The van der Waals surface area contributed by atoms with Crippen LogP contribution in [0.5, 0.6) is 0 Å². The number of hydrogen-bond donors (Lipinski definition) is 15. The molecule has 70 heavy (non-hydrogen) atoms. The van der Waals surface area contributed by atoms with Crippen molar-refractivity contribution in [2.24, 2.45) is 51.4 Å². The first-order valence-electron chi connectivity index (χ1n) is 23.1. The van der Waals surface area contributed by atoms with Gasteiger partial charge in [-0.2, -0.15) is 0 Å². The molecule has 0 aliphatic carbocycles. The van der Waals surface area contributed by atoms with Crippen molar-refractivity contribution in [3.8, 4) is 0 Å². The number of rotatable bonds is 34. The highest BCUT2D eigenvalue weighted by atomic mass is 16.4. The molecule has 1 aromatic heterocycles. The van der Waals surface area contributed by atoms with Crippen molar-refractivity contribution in [1.29, 1.82) is 0 Å². The van der Waals surface area contributed by atoms with Gasteiger partial charge in [0.2, 0.25) is 47.3 Å². The SMILES string of the molecule is CC(C)C[C@H](NC(=O)[C@H](CCCCN)NC(=O)[C@@H](NC(=O)[C@H](Cc1cnc[nH]1)NC(=O)[C@@H](N)CCCN=C(N)N)C(C)C)C(=O)N[C@@H](CC(N)=O)C(=O)N[C@H](C(=O)N[C@@H](CCC(=O)O)C(=O)O)C(C)C. The molecule has 20 N–H and O–H groups in total. The number of carboxylic acids is 2. The van der Waals surface area contributed by atoms with Crippen LogP contribution in [0.15, 0.2) is 17.5 Å². The van der Waals surface area contributed by atoms with Gasteiger partial charge in [-0.3, -0.25) is 48.1 Å². The second-order valence-electron chi connectivity index (χ2n) is 18.0. The molecule has 0 spiro atoms. The largest absolute Gasteiger partial charge is 0.481 e. The van der Waals surface area contributed by atoms with E-state index in [4.69, 9.17) is 33.8 Å². The maximum Gasteiger partial charge on any atom is 0.326 e. The number of nitrogens with one attached hydrogen (secondary N) is 8. The van der Waals surface area contributed by atoms with Crippen molar-refractivity contribution in [2.75, 3.05) is 13.1 Å². The second kappa shape index (κ2) is 31.3. The number of unbranched alkanes of at least 4 members (excludes halogenated alkanes) is 1. The maximum absolute atomic E-state index is 14.1. The van der Waals surface area contributed by atoms with Crippen LogP contribution >= 0.6 is 0 Å². The van der Waals surface area contributed by atoms with Crippen LogP contribution in [0.3, 0.4) is 0 Å². The first-order valence-corrected chi connectivity index (χ1v) is 23.1. The van der Waals surface area contributed by atoms with E-state index in [1.807, 2.05) is 0 Å². The van der Waals surface area contributed by atoms with Gasteiger partial charge in [0.05, 0.1) is 18.8 Å². The van der Waals surface area contributed by atoms with Crippen molar-refractivity contribution in [3.05, 3.63) is 18.2 Å². The lowest BCUT2D eigenvalue weighted by atomic mass is 9.99. The molecule has 0 saturated carbocycles. The number of imidazole rings is 1. The van der Waals surface area contributed by atoms with Gasteiger partial charge in [-0.15, -0.1) is 0 Å². The predicted molar refractivity (Wildman–Crippen MR) is 254 cm³/mol. The third-order valence-corrected chi connectivity index (χ3v) is 10.6. The van der Waals surface area contributed by atoms with E-state index in [9.17, 15) is 53.1 Å². The van der Waals surface area contributed by atoms with Gasteiger partial charge in [-0.1, -0.05) is 41.5 Å². The summed E-state index contributed by atoms with van der Waals surface area (Å²) in [5, 5.41) is 36.2. The summed E-state index contributed by atoms with van der Waals surface area (Å²) >= 11 is 0. The van der Waals surface area contributed by atoms with Crippen molar-refractivity contribution in [3.63, 3.8) is 0 Å². The van der Waals surface area contributed by atoms with E-state index in [0.29, 0.717) is 25.0 Å². The first kappa shape index (κ1) is 61.1. The number of aliphatic imine (C=N–C) groups is 1. The van der Waals surface area contributed by atoms with Crippen LogP contribution in [-0.4, -0.2) is 147 Å². The van der Waals surface area contributed by atoms with Gasteiger partial charge >= 0.3 is 11.9 Å². The topological polar surface area (TPSA) is 467 Å². The fourth-order valence-electron chi connectivity index (χ4n) is 6.80. The molecule has 0 radical (unpaired) electrons. The van der Waals surface area contributed by atoms with E-state index in [1.54, 1.807) is 27.7 Å². The summed E-state index contributed by atoms with van der Waals surface area (Å²) < 4.78 is 0. The second-order valence-corrected chi connectivity index (χ2v) is 18.0. The zero-order chi connectivity index (χ0) is 53.2. The number of carbonyl (C=O) groups excluding carboxylic acids is 8. The third kappa shape index (κ3) is 23.4. The number of H-pyrrole nitrogens is 1. The number of carbonyl (C=O) groups is 10. The minimum Gasteiger partial charge on any atom is -0.481 e. The van der Waals surface area contributed by atoms with E-state index >= 15 is 0 Å². The van der Waals surface area contributed by atoms with E-state index < -0.39 is 139 Å². The number of nitrogens with zero attached hydrogens (tertiary/aromatic N) is 2. The van der Waals surface area contributed by atoms with Gasteiger partial charge in [-0.25, -0.2) is 9.78 Å². The molecule has 27 heteroatoms. The quantitative estimate of drug-likeness (QED) is 0.0178. The van der Waals surface area contributed by atoms with Crippen molar-refractivity contribution in [2.45, 2.75) is 154 Å². The molecular weight excluding hydrogens is 919 g/mol. The van der Waals surface area contributed by atoms with E-state index in [1.165, 1.54) is 26.4 Å². The number of hydrogen-bond acceptors (Lipinski definition) is 14. The first-order chi connectivity index (χ1) is 32.8. The van der Waals surface area contributed by atoms with Gasteiger partial charge < -0.3 is 81.1 Å². The number of aromatic amines is 1. The van der Waals surface area contributed by atoms with Crippen LogP contribution in [0, 0.1) is 17.8 Å². The summed E-state index contributed by atoms with van der Waals surface area (Å²) in [5.74, 6) is -11.4. The minimum atomic E-state index is -1.70. The van der Waals surface area contributed by atoms with Crippen molar-refractivity contribution in [1.82, 2.24) is 47.2 Å². The summed E-state index contributed by atoms with van der Waals surface area (Å²) in [5.41, 5.74) is 28.5. The molecule has 394 valence electrons. The molecule has 0 saturated heterocycles. The van der Waals surface area contributed by atoms with Crippen LogP contribution in [-0.2, 0) is 54.4 Å². The van der Waals surface area contributed by atoms with Crippen LogP contribution in [0.2, 0.25) is 0 Å². The third-order valence-electron chi connectivity index (χ3n) is 10.6. The Kier molecular flexibility index (Phi) is 27.3. The zero-order valence-electron chi connectivity index (χ0n) is 40.7. The molecule has 1 heterocycles. The van der Waals surface area contributed by atoms with Crippen LogP contribution in [0.1, 0.15) is 105 Å². The Labute approximate surface area is 406 Å². The standard InChI is InChI=1S/C43H75N15O12/c1-21(2)16-28(37(64)56-30(18-31(46)59)39(66)58-34(23(5)6)41(68)53-27(42(69)70)12-13-32(60)61)55-36(63)26(11-7-8-14-44)52-40(67)33(22(3)4)57-38(65)29(17-24-19-49-20-51-24)54-35(62)25(45)10-9-15-50-43(47)48/h19-23,25-30,33-34H,7-18,44-45H2,1-6H3,(H2,46,59)(H,49,51)(H,52,67)(H,53,68)(H,54,62)(H,55,63)(H,56,64)(H,57,65)(H,58,66)(H,60,61)(H,69,70)(H4,47,48,50)/t25-,26-,27-,28-,29-,30-,33-,34-/m0/s1. The molecule has 1 rings (SSSR count).